The van der Waals surface area contributed by atoms with E-state index in [9.17, 15) is 4.39 Å². The van der Waals surface area contributed by atoms with Gasteiger partial charge in [0.1, 0.15) is 10.8 Å². The summed E-state index contributed by atoms with van der Waals surface area (Å²) in [5.41, 5.74) is 0.638. The number of hydrogen-bond acceptors (Lipinski definition) is 4. The molecule has 0 fully saturated rings. The second kappa shape index (κ2) is 4.12. The van der Waals surface area contributed by atoms with Crippen LogP contribution in [0.5, 0.6) is 0 Å². The summed E-state index contributed by atoms with van der Waals surface area (Å²) in [4.78, 5) is 0. The van der Waals surface area contributed by atoms with E-state index in [0.717, 1.165) is 0 Å². The highest BCUT2D eigenvalue weighted by Crippen LogP contribution is 2.28. The van der Waals surface area contributed by atoms with E-state index in [2.05, 4.69) is 15.5 Å². The summed E-state index contributed by atoms with van der Waals surface area (Å²) in [5.74, 6) is -0.376. The summed E-state index contributed by atoms with van der Waals surface area (Å²) >= 11 is 7.09. The van der Waals surface area contributed by atoms with Gasteiger partial charge < -0.3 is 5.32 Å². The third kappa shape index (κ3) is 2.24. The van der Waals surface area contributed by atoms with Crippen molar-refractivity contribution in [2.75, 3.05) is 12.4 Å². The molecule has 3 nitrogen and oxygen atoms in total. The van der Waals surface area contributed by atoms with E-state index in [4.69, 9.17) is 11.6 Å². The fourth-order valence-corrected chi connectivity index (χ4v) is 2.02. The average Bonchev–Trinajstić information content (AvgIpc) is 2.64. The number of rotatable bonds is 2. The monoisotopic (exact) mass is 243 g/mol. The standard InChI is InChI=1S/C9H7ClFN3S/c1-12-9-14-13-8(15-9)5-2-6(10)4-7(11)3-5/h2-4H,1H3,(H,12,14). The van der Waals surface area contributed by atoms with Crippen LogP contribution in [0.4, 0.5) is 9.52 Å². The third-order valence-corrected chi connectivity index (χ3v) is 2.96. The summed E-state index contributed by atoms with van der Waals surface area (Å²) in [7, 11) is 1.75. The zero-order valence-corrected chi connectivity index (χ0v) is 9.36. The van der Waals surface area contributed by atoms with Crippen LogP contribution in [-0.4, -0.2) is 17.2 Å². The van der Waals surface area contributed by atoms with Crippen LogP contribution in [0, 0.1) is 5.82 Å². The van der Waals surface area contributed by atoms with Crippen LogP contribution in [0.2, 0.25) is 5.02 Å². The molecule has 0 atom stereocenters. The van der Waals surface area contributed by atoms with Crippen LogP contribution < -0.4 is 5.32 Å². The predicted octanol–water partition coefficient (Wildman–Crippen LogP) is 3.04. The molecule has 0 aliphatic carbocycles. The number of nitrogens with zero attached hydrogens (tertiary/aromatic N) is 2. The topological polar surface area (TPSA) is 37.8 Å². The third-order valence-electron chi connectivity index (χ3n) is 1.75. The minimum Gasteiger partial charge on any atom is -0.363 e. The van der Waals surface area contributed by atoms with Crippen LogP contribution >= 0.6 is 22.9 Å². The lowest BCUT2D eigenvalue weighted by Crippen LogP contribution is -1.84. The first-order valence-electron chi connectivity index (χ1n) is 4.17. The van der Waals surface area contributed by atoms with Crippen LogP contribution in [0.3, 0.4) is 0 Å². The lowest BCUT2D eigenvalue weighted by molar-refractivity contribution is 0.628. The maximum absolute atomic E-state index is 13.1. The minimum absolute atomic E-state index is 0.353. The van der Waals surface area contributed by atoms with E-state index < -0.39 is 0 Å². The molecule has 2 aromatic rings. The van der Waals surface area contributed by atoms with Gasteiger partial charge in [0.15, 0.2) is 0 Å². The zero-order valence-electron chi connectivity index (χ0n) is 7.79. The summed E-state index contributed by atoms with van der Waals surface area (Å²) in [6, 6.07) is 4.29. The molecule has 1 aromatic carbocycles. The highest BCUT2D eigenvalue weighted by molar-refractivity contribution is 7.18. The molecule has 1 heterocycles. The number of nitrogens with one attached hydrogen (secondary N) is 1. The van der Waals surface area contributed by atoms with Crippen molar-refractivity contribution in [3.8, 4) is 10.6 Å². The van der Waals surface area contributed by atoms with E-state index in [1.165, 1.54) is 23.5 Å². The lowest BCUT2D eigenvalue weighted by Gasteiger charge is -1.96. The zero-order chi connectivity index (χ0) is 10.8. The van der Waals surface area contributed by atoms with E-state index >= 15 is 0 Å². The van der Waals surface area contributed by atoms with Gasteiger partial charge in [-0.2, -0.15) is 0 Å². The fraction of sp³-hybridized carbons (Fsp3) is 0.111. The Labute approximate surface area is 94.9 Å². The van der Waals surface area contributed by atoms with Gasteiger partial charge in [0, 0.05) is 17.6 Å². The van der Waals surface area contributed by atoms with Crippen LogP contribution in [0.25, 0.3) is 10.6 Å². The molecule has 0 saturated carbocycles. The Hall–Kier alpha value is -1.20. The number of hydrogen-bond donors (Lipinski definition) is 1. The second-order valence-electron chi connectivity index (χ2n) is 2.82. The summed E-state index contributed by atoms with van der Waals surface area (Å²) in [6.45, 7) is 0. The number of anilines is 1. The summed E-state index contributed by atoms with van der Waals surface area (Å²) < 4.78 is 13.1. The van der Waals surface area contributed by atoms with Gasteiger partial charge in [0.25, 0.3) is 0 Å². The average molecular weight is 244 g/mol. The highest BCUT2D eigenvalue weighted by Gasteiger charge is 2.07. The molecule has 6 heteroatoms. The summed E-state index contributed by atoms with van der Waals surface area (Å²) in [6.07, 6.45) is 0. The SMILES string of the molecule is CNc1nnc(-c2cc(F)cc(Cl)c2)s1. The smallest absolute Gasteiger partial charge is 0.205 e. The molecule has 0 radical (unpaired) electrons. The van der Waals surface area contributed by atoms with E-state index in [0.29, 0.717) is 20.7 Å². The Morgan fingerprint density at radius 2 is 2.13 bits per heavy atom. The Morgan fingerprint density at radius 1 is 1.33 bits per heavy atom. The Morgan fingerprint density at radius 3 is 2.73 bits per heavy atom. The Balaban J connectivity index is 2.44. The minimum atomic E-state index is -0.376. The predicted molar refractivity (Wildman–Crippen MR) is 59.9 cm³/mol. The molecule has 0 saturated heterocycles. The van der Waals surface area contributed by atoms with E-state index in [-0.39, 0.29) is 5.82 Å². The molecule has 0 unspecified atom stereocenters. The maximum Gasteiger partial charge on any atom is 0.205 e. The molecule has 0 aliphatic heterocycles. The number of benzene rings is 1. The van der Waals surface area contributed by atoms with Gasteiger partial charge in [-0.1, -0.05) is 22.9 Å². The molecule has 1 aromatic heterocycles. The van der Waals surface area contributed by atoms with Gasteiger partial charge >= 0.3 is 0 Å². The molecule has 0 amide bonds. The lowest BCUT2D eigenvalue weighted by atomic mass is 10.2. The van der Waals surface area contributed by atoms with Crippen molar-refractivity contribution in [3.63, 3.8) is 0 Å². The molecule has 0 spiro atoms. The first-order chi connectivity index (χ1) is 7.19. The van der Waals surface area contributed by atoms with Gasteiger partial charge in [-0.05, 0) is 18.2 Å². The van der Waals surface area contributed by atoms with Crippen LogP contribution in [0.1, 0.15) is 0 Å². The quantitative estimate of drug-likeness (QED) is 0.881. The second-order valence-corrected chi connectivity index (χ2v) is 4.23. The maximum atomic E-state index is 13.1. The highest BCUT2D eigenvalue weighted by atomic mass is 35.5. The van der Waals surface area contributed by atoms with Crippen LogP contribution in [-0.2, 0) is 0 Å². The number of halogens is 2. The molecular formula is C9H7ClFN3S. The van der Waals surface area contributed by atoms with Gasteiger partial charge in [-0.25, -0.2) is 4.39 Å². The fourth-order valence-electron chi connectivity index (χ4n) is 1.12. The van der Waals surface area contributed by atoms with Gasteiger partial charge in [0.05, 0.1) is 0 Å². The largest absolute Gasteiger partial charge is 0.363 e. The summed E-state index contributed by atoms with van der Waals surface area (Å²) in [5, 5.41) is 12.3. The Bertz CT molecular complexity index is 466. The van der Waals surface area contributed by atoms with Crippen molar-refractivity contribution >= 4 is 28.1 Å². The van der Waals surface area contributed by atoms with Gasteiger partial charge in [0.2, 0.25) is 5.13 Å². The molecule has 0 bridgehead atoms. The van der Waals surface area contributed by atoms with Crippen molar-refractivity contribution in [2.45, 2.75) is 0 Å². The molecule has 2 rings (SSSR count). The number of aromatic nitrogens is 2. The first kappa shape index (κ1) is 10.3. The van der Waals surface area contributed by atoms with Crippen LogP contribution in [0.15, 0.2) is 18.2 Å². The molecule has 78 valence electrons. The van der Waals surface area contributed by atoms with Crippen molar-refractivity contribution in [3.05, 3.63) is 29.0 Å². The molecule has 1 N–H and O–H groups in total. The normalized spacial score (nSPS) is 10.3. The Kier molecular flexibility index (Phi) is 2.83. The van der Waals surface area contributed by atoms with E-state index in [1.807, 2.05) is 0 Å². The van der Waals surface area contributed by atoms with Crippen molar-refractivity contribution in [2.24, 2.45) is 0 Å². The van der Waals surface area contributed by atoms with Crippen molar-refractivity contribution in [1.82, 2.24) is 10.2 Å². The van der Waals surface area contributed by atoms with E-state index in [1.54, 1.807) is 13.1 Å². The van der Waals surface area contributed by atoms with Crippen molar-refractivity contribution in [1.29, 1.82) is 0 Å². The molecular weight excluding hydrogens is 237 g/mol. The van der Waals surface area contributed by atoms with Gasteiger partial charge in [-0.3, -0.25) is 0 Å². The van der Waals surface area contributed by atoms with Crippen molar-refractivity contribution < 1.29 is 4.39 Å². The molecule has 15 heavy (non-hydrogen) atoms. The molecule has 0 aliphatic rings. The van der Waals surface area contributed by atoms with Gasteiger partial charge in [-0.15, -0.1) is 10.2 Å². The first-order valence-corrected chi connectivity index (χ1v) is 5.36.